The van der Waals surface area contributed by atoms with Crippen LogP contribution in [0.15, 0.2) is 35.4 Å². The van der Waals surface area contributed by atoms with Gasteiger partial charge in [0.15, 0.2) is 0 Å². The van der Waals surface area contributed by atoms with E-state index >= 15 is 0 Å². The van der Waals surface area contributed by atoms with E-state index in [-0.39, 0.29) is 22.7 Å². The molecule has 0 aliphatic carbocycles. The van der Waals surface area contributed by atoms with E-state index in [9.17, 15) is 18.0 Å². The zero-order chi connectivity index (χ0) is 14.9. The third kappa shape index (κ3) is 2.59. The van der Waals surface area contributed by atoms with E-state index in [1.807, 2.05) is 0 Å². The van der Waals surface area contributed by atoms with E-state index in [2.05, 4.69) is 9.97 Å². The fourth-order valence-electron chi connectivity index (χ4n) is 2.10. The zero-order valence-electron chi connectivity index (χ0n) is 11.0. The molecule has 1 aromatic carbocycles. The van der Waals surface area contributed by atoms with Crippen molar-refractivity contribution < 1.29 is 13.2 Å². The van der Waals surface area contributed by atoms with Crippen molar-refractivity contribution in [1.82, 2.24) is 9.97 Å². The van der Waals surface area contributed by atoms with Gasteiger partial charge in [-0.2, -0.15) is 13.2 Å². The summed E-state index contributed by atoms with van der Waals surface area (Å²) in [5.74, 6) is -0.233. The monoisotopic (exact) mass is 282 g/mol. The van der Waals surface area contributed by atoms with Gasteiger partial charge in [0, 0.05) is 11.1 Å². The molecule has 0 amide bonds. The minimum absolute atomic E-state index is 0.0743. The Morgan fingerprint density at radius 3 is 2.45 bits per heavy atom. The van der Waals surface area contributed by atoms with Crippen LogP contribution in [0, 0.1) is 0 Å². The topological polar surface area (TPSA) is 45.8 Å². The molecule has 0 atom stereocenters. The first kappa shape index (κ1) is 14.3. The van der Waals surface area contributed by atoms with Crippen molar-refractivity contribution in [2.45, 2.75) is 25.9 Å². The second-order valence-electron chi connectivity index (χ2n) is 4.69. The van der Waals surface area contributed by atoms with Crippen LogP contribution in [0.3, 0.4) is 0 Å². The quantitative estimate of drug-likeness (QED) is 0.915. The molecule has 3 nitrogen and oxygen atoms in total. The number of nitrogens with one attached hydrogen (secondary N) is 1. The van der Waals surface area contributed by atoms with Gasteiger partial charge in [0.25, 0.3) is 5.56 Å². The van der Waals surface area contributed by atoms with Crippen LogP contribution in [0.4, 0.5) is 13.2 Å². The number of alkyl halides is 3. The van der Waals surface area contributed by atoms with Crippen LogP contribution in [0.25, 0.3) is 11.3 Å². The van der Waals surface area contributed by atoms with Crippen molar-refractivity contribution in [1.29, 1.82) is 0 Å². The molecule has 0 radical (unpaired) electrons. The molecule has 2 rings (SSSR count). The second-order valence-corrected chi connectivity index (χ2v) is 4.69. The zero-order valence-corrected chi connectivity index (χ0v) is 11.0. The predicted molar refractivity (Wildman–Crippen MR) is 69.4 cm³/mol. The first-order valence-corrected chi connectivity index (χ1v) is 6.06. The van der Waals surface area contributed by atoms with Crippen LogP contribution in [0.1, 0.15) is 30.9 Å². The van der Waals surface area contributed by atoms with Crippen LogP contribution in [-0.4, -0.2) is 9.97 Å². The highest BCUT2D eigenvalue weighted by molar-refractivity contribution is 5.67. The summed E-state index contributed by atoms with van der Waals surface area (Å²) in [7, 11) is 0. The van der Waals surface area contributed by atoms with Gasteiger partial charge in [0.1, 0.15) is 0 Å². The Labute approximate surface area is 113 Å². The minimum Gasteiger partial charge on any atom is -0.313 e. The largest absolute Gasteiger partial charge is 0.417 e. The standard InChI is InChI=1S/C14H13F3N2O/c1-8(2)11-12(18-7-19-13(11)20)9-5-3-4-6-10(9)14(15,16)17/h3-8H,1-2H3,(H,18,19,20). The van der Waals surface area contributed by atoms with Gasteiger partial charge in [-0.15, -0.1) is 0 Å². The summed E-state index contributed by atoms with van der Waals surface area (Å²) < 4.78 is 39.2. The number of halogens is 3. The molecule has 0 aliphatic rings. The SMILES string of the molecule is CC(C)c1c(-c2ccccc2C(F)(F)F)nc[nH]c1=O. The maximum Gasteiger partial charge on any atom is 0.417 e. The van der Waals surface area contributed by atoms with E-state index in [1.165, 1.54) is 18.2 Å². The minimum atomic E-state index is -4.49. The summed E-state index contributed by atoms with van der Waals surface area (Å²) in [6.07, 6.45) is -3.37. The van der Waals surface area contributed by atoms with Crippen molar-refractivity contribution in [3.63, 3.8) is 0 Å². The number of aromatic amines is 1. The fourth-order valence-corrected chi connectivity index (χ4v) is 2.10. The lowest BCUT2D eigenvalue weighted by molar-refractivity contribution is -0.137. The van der Waals surface area contributed by atoms with Crippen molar-refractivity contribution >= 4 is 0 Å². The molecule has 6 heteroatoms. The average molecular weight is 282 g/mol. The maximum atomic E-state index is 13.1. The highest BCUT2D eigenvalue weighted by Gasteiger charge is 2.34. The van der Waals surface area contributed by atoms with Crippen LogP contribution in [0.5, 0.6) is 0 Å². The molecule has 0 fully saturated rings. The van der Waals surface area contributed by atoms with Crippen molar-refractivity contribution in [3.8, 4) is 11.3 Å². The Morgan fingerprint density at radius 1 is 1.20 bits per heavy atom. The van der Waals surface area contributed by atoms with Crippen LogP contribution in [-0.2, 0) is 6.18 Å². The van der Waals surface area contributed by atoms with Crippen LogP contribution < -0.4 is 5.56 Å². The fraction of sp³-hybridized carbons (Fsp3) is 0.286. The predicted octanol–water partition coefficient (Wildman–Crippen LogP) is 3.58. The van der Waals surface area contributed by atoms with Crippen molar-refractivity contribution in [2.75, 3.05) is 0 Å². The molecule has 1 N–H and O–H groups in total. The number of nitrogens with zero attached hydrogens (tertiary/aromatic N) is 1. The molecular formula is C14H13F3N2O. The highest BCUT2D eigenvalue weighted by Crippen LogP contribution is 2.37. The lowest BCUT2D eigenvalue weighted by Gasteiger charge is -2.15. The van der Waals surface area contributed by atoms with Crippen LogP contribution >= 0.6 is 0 Å². The van der Waals surface area contributed by atoms with Gasteiger partial charge in [0.05, 0.1) is 17.6 Å². The smallest absolute Gasteiger partial charge is 0.313 e. The molecule has 20 heavy (non-hydrogen) atoms. The van der Waals surface area contributed by atoms with Gasteiger partial charge in [-0.05, 0) is 12.0 Å². The van der Waals surface area contributed by atoms with E-state index in [1.54, 1.807) is 13.8 Å². The average Bonchev–Trinajstić information content (AvgIpc) is 2.37. The summed E-state index contributed by atoms with van der Waals surface area (Å²) >= 11 is 0. The van der Waals surface area contributed by atoms with Crippen LogP contribution in [0.2, 0.25) is 0 Å². The van der Waals surface area contributed by atoms with Gasteiger partial charge >= 0.3 is 6.18 Å². The summed E-state index contributed by atoms with van der Waals surface area (Å²) in [6.45, 7) is 3.48. The van der Waals surface area contributed by atoms with Crippen molar-refractivity contribution in [2.24, 2.45) is 0 Å². The third-order valence-electron chi connectivity index (χ3n) is 2.95. The number of benzene rings is 1. The molecule has 2 aromatic rings. The lowest BCUT2D eigenvalue weighted by Crippen LogP contribution is -2.17. The second kappa shape index (κ2) is 5.11. The Kier molecular flexibility index (Phi) is 3.65. The van der Waals surface area contributed by atoms with Gasteiger partial charge in [0.2, 0.25) is 0 Å². The van der Waals surface area contributed by atoms with E-state index in [0.717, 1.165) is 12.4 Å². The highest BCUT2D eigenvalue weighted by atomic mass is 19.4. The number of H-pyrrole nitrogens is 1. The molecule has 0 saturated carbocycles. The lowest BCUT2D eigenvalue weighted by atomic mass is 9.95. The first-order valence-electron chi connectivity index (χ1n) is 6.06. The van der Waals surface area contributed by atoms with E-state index in [0.29, 0.717) is 0 Å². The molecule has 0 aliphatic heterocycles. The number of hydrogen-bond acceptors (Lipinski definition) is 2. The normalized spacial score (nSPS) is 11.9. The third-order valence-corrected chi connectivity index (χ3v) is 2.95. The molecule has 0 unspecified atom stereocenters. The van der Waals surface area contributed by atoms with Gasteiger partial charge in [-0.3, -0.25) is 4.79 Å². The number of hydrogen-bond donors (Lipinski definition) is 1. The molecule has 106 valence electrons. The molecule has 0 spiro atoms. The van der Waals surface area contributed by atoms with Crippen molar-refractivity contribution in [3.05, 3.63) is 52.1 Å². The summed E-state index contributed by atoms with van der Waals surface area (Å²) in [6, 6.07) is 5.13. The maximum absolute atomic E-state index is 13.1. The van der Waals surface area contributed by atoms with Gasteiger partial charge in [-0.25, -0.2) is 4.98 Å². The molecule has 1 heterocycles. The summed E-state index contributed by atoms with van der Waals surface area (Å²) in [4.78, 5) is 18.2. The summed E-state index contributed by atoms with van der Waals surface area (Å²) in [5, 5.41) is 0. The van der Waals surface area contributed by atoms with Gasteiger partial charge < -0.3 is 4.98 Å². The van der Waals surface area contributed by atoms with Gasteiger partial charge in [-0.1, -0.05) is 32.0 Å². The van der Waals surface area contributed by atoms with E-state index < -0.39 is 17.3 Å². The van der Waals surface area contributed by atoms with E-state index in [4.69, 9.17) is 0 Å². The molecule has 0 saturated heterocycles. The first-order chi connectivity index (χ1) is 9.32. The number of rotatable bonds is 2. The molecule has 1 aromatic heterocycles. The Balaban J connectivity index is 2.77. The molecule has 0 bridgehead atoms. The Morgan fingerprint density at radius 2 is 1.85 bits per heavy atom. The molecular weight excluding hydrogens is 269 g/mol. The Hall–Kier alpha value is -2.11. The number of aromatic nitrogens is 2. The summed E-state index contributed by atoms with van der Waals surface area (Å²) in [5.41, 5.74) is -0.947. The Bertz CT molecular complexity index is 675.